The Morgan fingerprint density at radius 1 is 1.00 bits per heavy atom. The average molecular weight is 363 g/mol. The van der Waals surface area contributed by atoms with E-state index in [0.29, 0.717) is 15.7 Å². The van der Waals surface area contributed by atoms with Crippen molar-refractivity contribution in [1.82, 2.24) is 0 Å². The Kier molecular flexibility index (Phi) is 5.38. The molecule has 2 rings (SSSR count). The topological polar surface area (TPSA) is 41.1 Å². The highest BCUT2D eigenvalue weighted by Crippen LogP contribution is 2.30. The number of hydrogen-bond acceptors (Lipinski definition) is 2. The van der Waals surface area contributed by atoms with Crippen molar-refractivity contribution in [3.05, 3.63) is 58.1 Å². The van der Waals surface area contributed by atoms with Gasteiger partial charge in [0.15, 0.2) is 0 Å². The normalized spacial score (nSPS) is 11.2. The van der Waals surface area contributed by atoms with Gasteiger partial charge in [-0.05, 0) is 36.4 Å². The third kappa shape index (κ3) is 4.77. The molecule has 0 saturated carbocycles. The lowest BCUT2D eigenvalue weighted by Gasteiger charge is -2.11. The number of rotatable bonds is 4. The van der Waals surface area contributed by atoms with E-state index in [1.807, 2.05) is 0 Å². The standard InChI is InChI=1S/C15H11Cl2F3N2O/c16-11-2-1-3-12(17)14(11)21-8-13(23)22-10-6-4-9(5-7-10)15(18,19)20/h1-7,21H,8H2,(H,22,23). The monoisotopic (exact) mass is 362 g/mol. The zero-order valence-electron chi connectivity index (χ0n) is 11.5. The van der Waals surface area contributed by atoms with Crippen LogP contribution in [0.3, 0.4) is 0 Å². The third-order valence-electron chi connectivity index (χ3n) is 2.88. The number of hydrogen-bond donors (Lipinski definition) is 2. The van der Waals surface area contributed by atoms with E-state index in [1.165, 1.54) is 12.1 Å². The summed E-state index contributed by atoms with van der Waals surface area (Å²) in [7, 11) is 0. The van der Waals surface area contributed by atoms with Crippen LogP contribution >= 0.6 is 23.2 Å². The van der Waals surface area contributed by atoms with Gasteiger partial charge in [0, 0.05) is 5.69 Å². The van der Waals surface area contributed by atoms with Crippen LogP contribution in [0.25, 0.3) is 0 Å². The Hall–Kier alpha value is -1.92. The van der Waals surface area contributed by atoms with Crippen LogP contribution < -0.4 is 10.6 Å². The van der Waals surface area contributed by atoms with Gasteiger partial charge in [-0.2, -0.15) is 13.2 Å². The molecule has 0 fully saturated rings. The molecule has 2 N–H and O–H groups in total. The lowest BCUT2D eigenvalue weighted by atomic mass is 10.2. The maximum absolute atomic E-state index is 12.4. The van der Waals surface area contributed by atoms with Gasteiger partial charge in [-0.1, -0.05) is 29.3 Å². The number of anilines is 2. The molecule has 0 unspecified atom stereocenters. The van der Waals surface area contributed by atoms with E-state index in [9.17, 15) is 18.0 Å². The van der Waals surface area contributed by atoms with Crippen LogP contribution in [0.2, 0.25) is 10.0 Å². The molecule has 1 amide bonds. The summed E-state index contributed by atoms with van der Waals surface area (Å²) in [4.78, 5) is 11.8. The molecule has 23 heavy (non-hydrogen) atoms. The molecule has 0 bridgehead atoms. The Morgan fingerprint density at radius 2 is 1.57 bits per heavy atom. The van der Waals surface area contributed by atoms with Gasteiger partial charge < -0.3 is 10.6 Å². The van der Waals surface area contributed by atoms with E-state index < -0.39 is 17.6 Å². The first-order chi connectivity index (χ1) is 10.8. The van der Waals surface area contributed by atoms with Crippen LogP contribution in [-0.4, -0.2) is 12.5 Å². The van der Waals surface area contributed by atoms with E-state index in [4.69, 9.17) is 23.2 Å². The Morgan fingerprint density at radius 3 is 2.09 bits per heavy atom. The summed E-state index contributed by atoms with van der Waals surface area (Å²) < 4.78 is 37.3. The predicted molar refractivity (Wildman–Crippen MR) is 85.0 cm³/mol. The van der Waals surface area contributed by atoms with Crippen molar-refractivity contribution in [2.45, 2.75) is 6.18 Å². The molecule has 0 heterocycles. The maximum atomic E-state index is 12.4. The largest absolute Gasteiger partial charge is 0.416 e. The first-order valence-corrected chi connectivity index (χ1v) is 7.18. The smallest absolute Gasteiger partial charge is 0.374 e. The van der Waals surface area contributed by atoms with Crippen LogP contribution in [-0.2, 0) is 11.0 Å². The minimum atomic E-state index is -4.41. The molecule has 0 aliphatic carbocycles. The summed E-state index contributed by atoms with van der Waals surface area (Å²) in [5.74, 6) is -0.444. The molecule has 8 heteroatoms. The fraction of sp³-hybridized carbons (Fsp3) is 0.133. The molecule has 3 nitrogen and oxygen atoms in total. The van der Waals surface area contributed by atoms with Gasteiger partial charge >= 0.3 is 6.18 Å². The van der Waals surface area contributed by atoms with Gasteiger partial charge in [-0.25, -0.2) is 0 Å². The van der Waals surface area contributed by atoms with Gasteiger partial charge in [-0.3, -0.25) is 4.79 Å². The van der Waals surface area contributed by atoms with E-state index in [0.717, 1.165) is 12.1 Å². The van der Waals surface area contributed by atoms with E-state index >= 15 is 0 Å². The van der Waals surface area contributed by atoms with Crippen LogP contribution in [0.4, 0.5) is 24.5 Å². The lowest BCUT2D eigenvalue weighted by Crippen LogP contribution is -2.22. The van der Waals surface area contributed by atoms with Crippen LogP contribution in [0.15, 0.2) is 42.5 Å². The van der Waals surface area contributed by atoms with E-state index in [2.05, 4.69) is 10.6 Å². The molecular weight excluding hydrogens is 352 g/mol. The average Bonchev–Trinajstić information content (AvgIpc) is 2.46. The molecular formula is C15H11Cl2F3N2O. The Balaban J connectivity index is 1.95. The minimum Gasteiger partial charge on any atom is -0.374 e. The molecule has 0 aliphatic rings. The van der Waals surface area contributed by atoms with Crippen LogP contribution in [0.5, 0.6) is 0 Å². The summed E-state index contributed by atoms with van der Waals surface area (Å²) >= 11 is 11.9. The highest BCUT2D eigenvalue weighted by Gasteiger charge is 2.29. The molecule has 0 spiro atoms. The molecule has 0 atom stereocenters. The zero-order chi connectivity index (χ0) is 17.0. The Labute approximate surface area is 140 Å². The van der Waals surface area contributed by atoms with E-state index in [-0.39, 0.29) is 12.2 Å². The third-order valence-corrected chi connectivity index (χ3v) is 3.51. The van der Waals surface area contributed by atoms with Crippen LogP contribution in [0.1, 0.15) is 5.56 Å². The van der Waals surface area contributed by atoms with Crippen molar-refractivity contribution in [3.8, 4) is 0 Å². The summed E-state index contributed by atoms with van der Waals surface area (Å²) in [6.07, 6.45) is -4.41. The van der Waals surface area contributed by atoms with Crippen LogP contribution in [0, 0.1) is 0 Å². The SMILES string of the molecule is O=C(CNc1c(Cl)cccc1Cl)Nc1ccc(C(F)(F)F)cc1. The second kappa shape index (κ2) is 7.10. The highest BCUT2D eigenvalue weighted by atomic mass is 35.5. The maximum Gasteiger partial charge on any atom is 0.416 e. The second-order valence-electron chi connectivity index (χ2n) is 4.57. The number of para-hydroxylation sites is 1. The number of carbonyl (C=O) groups excluding carboxylic acids is 1. The first-order valence-electron chi connectivity index (χ1n) is 6.42. The molecule has 2 aromatic rings. The highest BCUT2D eigenvalue weighted by molar-refractivity contribution is 6.39. The van der Waals surface area contributed by atoms with Crippen molar-refractivity contribution in [2.24, 2.45) is 0 Å². The van der Waals surface area contributed by atoms with Crippen molar-refractivity contribution >= 4 is 40.5 Å². The molecule has 0 saturated heterocycles. The number of alkyl halides is 3. The van der Waals surface area contributed by atoms with Crippen molar-refractivity contribution in [1.29, 1.82) is 0 Å². The number of amides is 1. The number of halogens is 5. The fourth-order valence-electron chi connectivity index (χ4n) is 1.78. The van der Waals surface area contributed by atoms with Gasteiger partial charge in [-0.15, -0.1) is 0 Å². The lowest BCUT2D eigenvalue weighted by molar-refractivity contribution is -0.137. The molecule has 0 aliphatic heterocycles. The number of carbonyl (C=O) groups is 1. The van der Waals surface area contributed by atoms with Crippen molar-refractivity contribution in [2.75, 3.05) is 17.2 Å². The molecule has 0 radical (unpaired) electrons. The van der Waals surface area contributed by atoms with Crippen molar-refractivity contribution < 1.29 is 18.0 Å². The van der Waals surface area contributed by atoms with Gasteiger partial charge in [0.05, 0.1) is 27.8 Å². The fourth-order valence-corrected chi connectivity index (χ4v) is 2.31. The summed E-state index contributed by atoms with van der Waals surface area (Å²) in [5.41, 5.74) is -0.107. The second-order valence-corrected chi connectivity index (χ2v) is 5.39. The molecule has 0 aromatic heterocycles. The quantitative estimate of drug-likeness (QED) is 0.797. The van der Waals surface area contributed by atoms with Crippen molar-refractivity contribution in [3.63, 3.8) is 0 Å². The first kappa shape index (κ1) is 17.4. The number of nitrogens with one attached hydrogen (secondary N) is 2. The summed E-state index contributed by atoms with van der Waals surface area (Å²) in [6, 6.07) is 9.06. The van der Waals surface area contributed by atoms with Gasteiger partial charge in [0.2, 0.25) is 5.91 Å². The molecule has 122 valence electrons. The molecule has 2 aromatic carbocycles. The predicted octanol–water partition coefficient (Wildman–Crippen LogP) is 5.06. The van der Waals surface area contributed by atoms with Gasteiger partial charge in [0.1, 0.15) is 0 Å². The summed E-state index contributed by atoms with van der Waals surface area (Å²) in [5, 5.41) is 5.98. The Bertz CT molecular complexity index is 683. The minimum absolute atomic E-state index is 0.134. The summed E-state index contributed by atoms with van der Waals surface area (Å²) in [6.45, 7) is -0.134. The van der Waals surface area contributed by atoms with E-state index in [1.54, 1.807) is 18.2 Å². The van der Waals surface area contributed by atoms with Gasteiger partial charge in [0.25, 0.3) is 0 Å². The number of benzene rings is 2. The zero-order valence-corrected chi connectivity index (χ0v) is 13.1.